The van der Waals surface area contributed by atoms with Gasteiger partial charge in [-0.3, -0.25) is 4.79 Å². The topological polar surface area (TPSA) is 169 Å². The smallest absolute Gasteiger partial charge is 0.336 e. The van der Waals surface area contributed by atoms with Crippen molar-refractivity contribution < 1.29 is 53.8 Å². The van der Waals surface area contributed by atoms with Gasteiger partial charge in [-0.2, -0.15) is 0 Å². The van der Waals surface area contributed by atoms with E-state index in [1.54, 1.807) is 6.08 Å². The van der Waals surface area contributed by atoms with E-state index in [0.717, 1.165) is 12.0 Å². The fourth-order valence-corrected chi connectivity index (χ4v) is 7.18. The molecule has 0 aromatic rings. The van der Waals surface area contributed by atoms with Crippen molar-refractivity contribution in [3.8, 4) is 0 Å². The van der Waals surface area contributed by atoms with E-state index in [-0.39, 0.29) is 29.8 Å². The van der Waals surface area contributed by atoms with Crippen LogP contribution < -0.4 is 0 Å². The van der Waals surface area contributed by atoms with Gasteiger partial charge in [-0.25, -0.2) is 9.59 Å². The number of aliphatic hydroxyl groups excluding tert-OH is 4. The molecule has 39 heavy (non-hydrogen) atoms. The highest BCUT2D eigenvalue weighted by Gasteiger charge is 2.60. The number of rotatable bonds is 7. The van der Waals surface area contributed by atoms with E-state index in [4.69, 9.17) is 18.9 Å². The van der Waals surface area contributed by atoms with Gasteiger partial charge < -0.3 is 39.4 Å². The van der Waals surface area contributed by atoms with Gasteiger partial charge in [-0.1, -0.05) is 26.8 Å². The van der Waals surface area contributed by atoms with Gasteiger partial charge in [0.25, 0.3) is 0 Å². The second kappa shape index (κ2) is 11.3. The largest absolute Gasteiger partial charge is 0.462 e. The minimum absolute atomic E-state index is 0.00668. The van der Waals surface area contributed by atoms with Crippen LogP contribution in [-0.2, 0) is 33.3 Å². The molecule has 11 nitrogen and oxygen atoms in total. The second-order valence-electron chi connectivity index (χ2n) is 11.8. The standard InChI is InChI=1S/C28H40O11/c1-14-18(37-15(2)30)11-28(4)17(25(35)39-26-24(34)23(33)22(32)19(12-29)38-26)6-5-7-20(28)27(14,3)9-8-16-10-21(31)36-13-16/h6,10,14,18-20,22-24,26,29,32-34H,5,7-9,11-13H2,1-4H3. The van der Waals surface area contributed by atoms with Crippen LogP contribution >= 0.6 is 0 Å². The molecule has 4 N–H and O–H groups in total. The molecule has 4 rings (SSSR count). The van der Waals surface area contributed by atoms with Crippen LogP contribution in [0.1, 0.15) is 59.8 Å². The maximum atomic E-state index is 13.6. The van der Waals surface area contributed by atoms with Crippen molar-refractivity contribution in [2.45, 2.75) is 96.6 Å². The summed E-state index contributed by atoms with van der Waals surface area (Å²) in [6.07, 6.45) is -1.85. The minimum atomic E-state index is -1.71. The summed E-state index contributed by atoms with van der Waals surface area (Å²) < 4.78 is 21.8. The summed E-state index contributed by atoms with van der Waals surface area (Å²) in [5, 5.41) is 40.1. The van der Waals surface area contributed by atoms with E-state index in [9.17, 15) is 34.8 Å². The monoisotopic (exact) mass is 552 g/mol. The Balaban J connectivity index is 1.62. The number of hydrogen-bond donors (Lipinski definition) is 4. The third-order valence-electron chi connectivity index (χ3n) is 9.52. The Morgan fingerprint density at radius 1 is 1.13 bits per heavy atom. The lowest BCUT2D eigenvalue weighted by molar-refractivity contribution is -0.292. The molecule has 11 heteroatoms. The Morgan fingerprint density at radius 2 is 1.85 bits per heavy atom. The van der Waals surface area contributed by atoms with Crippen LogP contribution in [0.3, 0.4) is 0 Å². The third-order valence-corrected chi connectivity index (χ3v) is 9.52. The van der Waals surface area contributed by atoms with E-state index in [0.29, 0.717) is 31.3 Å². The van der Waals surface area contributed by atoms with Gasteiger partial charge in [0.05, 0.1) is 6.61 Å². The van der Waals surface area contributed by atoms with Gasteiger partial charge in [0, 0.05) is 24.0 Å². The summed E-state index contributed by atoms with van der Waals surface area (Å²) in [6.45, 7) is 7.13. The number of esters is 3. The minimum Gasteiger partial charge on any atom is -0.462 e. The van der Waals surface area contributed by atoms with Crippen LogP contribution in [0.2, 0.25) is 0 Å². The first-order valence-electron chi connectivity index (χ1n) is 13.6. The lowest BCUT2D eigenvalue weighted by Crippen LogP contribution is -2.60. The molecule has 0 amide bonds. The number of carbonyl (C=O) groups is 3. The second-order valence-corrected chi connectivity index (χ2v) is 11.8. The molecule has 1 saturated heterocycles. The fraction of sp³-hybridized carbons (Fsp3) is 0.750. The molecule has 1 saturated carbocycles. The molecule has 0 spiro atoms. The van der Waals surface area contributed by atoms with Crippen LogP contribution in [0.15, 0.2) is 23.3 Å². The van der Waals surface area contributed by atoms with Crippen molar-refractivity contribution >= 4 is 17.9 Å². The molecule has 10 atom stereocenters. The first-order valence-corrected chi connectivity index (χ1v) is 13.6. The van der Waals surface area contributed by atoms with Crippen molar-refractivity contribution in [2.75, 3.05) is 13.2 Å². The maximum absolute atomic E-state index is 13.6. The highest BCUT2D eigenvalue weighted by Crippen LogP contribution is 2.62. The van der Waals surface area contributed by atoms with E-state index < -0.39 is 60.8 Å². The fourth-order valence-electron chi connectivity index (χ4n) is 7.18. The summed E-state index contributed by atoms with van der Waals surface area (Å²) in [6, 6.07) is 0. The molecular weight excluding hydrogens is 512 g/mol. The van der Waals surface area contributed by atoms with Crippen LogP contribution in [0, 0.1) is 22.7 Å². The zero-order chi connectivity index (χ0) is 28.7. The number of cyclic esters (lactones) is 1. The van der Waals surface area contributed by atoms with Crippen LogP contribution in [0.5, 0.6) is 0 Å². The maximum Gasteiger partial charge on any atom is 0.336 e. The molecule has 0 aromatic carbocycles. The summed E-state index contributed by atoms with van der Waals surface area (Å²) >= 11 is 0. The molecule has 0 radical (unpaired) electrons. The molecular formula is C28H40O11. The zero-order valence-electron chi connectivity index (χ0n) is 22.9. The number of carbonyl (C=O) groups excluding carboxylic acids is 3. The molecule has 2 heterocycles. The average molecular weight is 553 g/mol. The van der Waals surface area contributed by atoms with Crippen molar-refractivity contribution in [1.82, 2.24) is 0 Å². The first-order chi connectivity index (χ1) is 18.3. The molecule has 2 aliphatic carbocycles. The zero-order valence-corrected chi connectivity index (χ0v) is 22.9. The summed E-state index contributed by atoms with van der Waals surface area (Å²) in [5.41, 5.74) is 0.118. The molecule has 10 unspecified atom stereocenters. The summed E-state index contributed by atoms with van der Waals surface area (Å²) in [4.78, 5) is 37.3. The molecule has 2 aliphatic heterocycles. The van der Waals surface area contributed by atoms with E-state index in [1.807, 2.05) is 6.92 Å². The highest BCUT2D eigenvalue weighted by molar-refractivity contribution is 5.90. The number of hydrogen-bond acceptors (Lipinski definition) is 11. The van der Waals surface area contributed by atoms with Gasteiger partial charge in [0.2, 0.25) is 6.29 Å². The quantitative estimate of drug-likeness (QED) is 0.262. The number of ether oxygens (including phenoxy) is 4. The number of allylic oxidation sites excluding steroid dienone is 1. The van der Waals surface area contributed by atoms with E-state index >= 15 is 0 Å². The molecule has 0 bridgehead atoms. The summed E-state index contributed by atoms with van der Waals surface area (Å²) in [5.74, 6) is -1.57. The predicted octanol–water partition coefficient (Wildman–Crippen LogP) is 0.913. The number of fused-ring (bicyclic) bond motifs is 1. The lowest BCUT2D eigenvalue weighted by atomic mass is 9.46. The van der Waals surface area contributed by atoms with Gasteiger partial charge in [0.1, 0.15) is 37.1 Å². The van der Waals surface area contributed by atoms with Gasteiger partial charge in [0.15, 0.2) is 0 Å². The van der Waals surface area contributed by atoms with Crippen LogP contribution in [0.25, 0.3) is 0 Å². The summed E-state index contributed by atoms with van der Waals surface area (Å²) in [7, 11) is 0. The molecule has 2 fully saturated rings. The van der Waals surface area contributed by atoms with Crippen LogP contribution in [-0.4, -0.2) is 88.4 Å². The van der Waals surface area contributed by atoms with Crippen molar-refractivity contribution in [1.29, 1.82) is 0 Å². The van der Waals surface area contributed by atoms with Crippen molar-refractivity contribution in [3.63, 3.8) is 0 Å². The highest BCUT2D eigenvalue weighted by atomic mass is 16.7. The predicted molar refractivity (Wildman–Crippen MR) is 134 cm³/mol. The SMILES string of the molecule is CC(=O)OC1CC2(C)C(C(=O)OC3OC(CO)C(O)C(O)C3O)=CCCC2C(C)(CCC2=CC(=O)OC2)C1C. The van der Waals surface area contributed by atoms with Crippen molar-refractivity contribution in [3.05, 3.63) is 23.3 Å². The normalized spacial score (nSPS) is 42.1. The Kier molecular flexibility index (Phi) is 8.58. The van der Waals surface area contributed by atoms with Crippen LogP contribution in [0.4, 0.5) is 0 Å². The average Bonchev–Trinajstić information content (AvgIpc) is 3.30. The molecule has 4 aliphatic rings. The van der Waals surface area contributed by atoms with Gasteiger partial charge in [-0.05, 0) is 54.9 Å². The third kappa shape index (κ3) is 5.52. The lowest BCUT2D eigenvalue weighted by Gasteiger charge is -2.59. The number of aliphatic hydroxyl groups is 4. The van der Waals surface area contributed by atoms with Crippen molar-refractivity contribution in [2.24, 2.45) is 22.7 Å². The molecule has 0 aromatic heterocycles. The Bertz CT molecular complexity index is 1030. The van der Waals surface area contributed by atoms with Gasteiger partial charge in [-0.15, -0.1) is 0 Å². The molecule has 218 valence electrons. The Hall–Kier alpha value is -2.31. The van der Waals surface area contributed by atoms with E-state index in [2.05, 4.69) is 13.8 Å². The first kappa shape index (κ1) is 29.7. The Morgan fingerprint density at radius 3 is 2.46 bits per heavy atom. The Labute approximate surface area is 227 Å². The van der Waals surface area contributed by atoms with E-state index in [1.165, 1.54) is 13.0 Å². The van der Waals surface area contributed by atoms with Gasteiger partial charge >= 0.3 is 17.9 Å².